The van der Waals surface area contributed by atoms with Crippen LogP contribution in [0.2, 0.25) is 0 Å². The Morgan fingerprint density at radius 3 is 2.88 bits per heavy atom. The van der Waals surface area contributed by atoms with E-state index in [1.54, 1.807) is 31.5 Å². The summed E-state index contributed by atoms with van der Waals surface area (Å²) in [5.41, 5.74) is 1.09. The lowest BCUT2D eigenvalue weighted by molar-refractivity contribution is 0.0696. The maximum Gasteiger partial charge on any atom is 0.335 e. The van der Waals surface area contributed by atoms with Gasteiger partial charge in [0.2, 0.25) is 0 Å². The molecule has 2 N–H and O–H groups in total. The molecule has 0 aliphatic rings. The molecule has 0 radical (unpaired) electrons. The van der Waals surface area contributed by atoms with E-state index in [1.807, 2.05) is 6.07 Å². The van der Waals surface area contributed by atoms with Gasteiger partial charge >= 0.3 is 5.97 Å². The van der Waals surface area contributed by atoms with Gasteiger partial charge in [0.1, 0.15) is 0 Å². The number of hydrogen-bond donors (Lipinski definition) is 2. The molecule has 2 rings (SSSR count). The predicted octanol–water partition coefficient (Wildman–Crippen LogP) is 2.57. The minimum Gasteiger partial charge on any atom is -0.478 e. The average molecular weight is 234 g/mol. The minimum atomic E-state index is -0.896. The van der Waals surface area contributed by atoms with E-state index >= 15 is 0 Å². The molecule has 0 amide bonds. The lowest BCUT2D eigenvalue weighted by atomic mass is 10.1. The zero-order valence-corrected chi connectivity index (χ0v) is 9.41. The number of benzene rings is 1. The van der Waals surface area contributed by atoms with Crippen molar-refractivity contribution in [2.75, 3.05) is 0 Å². The molecule has 0 fully saturated rings. The van der Waals surface area contributed by atoms with Crippen molar-refractivity contribution >= 4 is 17.7 Å². The molecule has 0 saturated heterocycles. The van der Waals surface area contributed by atoms with Crippen molar-refractivity contribution < 1.29 is 9.90 Å². The monoisotopic (exact) mass is 234 g/mol. The number of carbonyl (C=O) groups is 1. The minimum absolute atomic E-state index is 0.337. The van der Waals surface area contributed by atoms with E-state index in [4.69, 9.17) is 5.11 Å². The fourth-order valence-corrected chi connectivity index (χ4v) is 2.19. The van der Waals surface area contributed by atoms with Gasteiger partial charge in [-0.1, -0.05) is 11.8 Å². The third-order valence-corrected chi connectivity index (χ3v) is 3.02. The van der Waals surface area contributed by atoms with Gasteiger partial charge < -0.3 is 10.1 Å². The lowest BCUT2D eigenvalue weighted by Crippen LogP contribution is -1.99. The van der Waals surface area contributed by atoms with Crippen LogP contribution < -0.4 is 0 Å². The summed E-state index contributed by atoms with van der Waals surface area (Å²) in [5, 5.41) is 9.68. The highest BCUT2D eigenvalue weighted by Gasteiger charge is 2.08. The van der Waals surface area contributed by atoms with Crippen molar-refractivity contribution in [3.05, 3.63) is 41.7 Å². The molecule has 0 saturated carbocycles. The van der Waals surface area contributed by atoms with Gasteiger partial charge in [-0.25, -0.2) is 9.78 Å². The first kappa shape index (κ1) is 10.8. The molecule has 5 heteroatoms. The fraction of sp³-hybridized carbons (Fsp3) is 0.0909. The number of H-pyrrole nitrogens is 1. The number of carboxylic acids is 1. The van der Waals surface area contributed by atoms with E-state index in [0.717, 1.165) is 15.6 Å². The fourth-order valence-electron chi connectivity index (χ4n) is 1.36. The Morgan fingerprint density at radius 2 is 2.31 bits per heavy atom. The van der Waals surface area contributed by atoms with Crippen molar-refractivity contribution in [2.24, 2.45) is 0 Å². The van der Waals surface area contributed by atoms with Crippen LogP contribution in [0.4, 0.5) is 0 Å². The standard InChI is InChI=1S/C11H10N2O2S/c1-7-6-8(2-3-9(7)10(14)15)16-11-12-4-5-13-11/h2-6H,1H3,(H,12,13)(H,14,15). The molecule has 1 aromatic heterocycles. The third-order valence-electron chi connectivity index (χ3n) is 2.12. The topological polar surface area (TPSA) is 66.0 Å². The molecule has 16 heavy (non-hydrogen) atoms. The number of aromatic amines is 1. The SMILES string of the molecule is Cc1cc(Sc2ncc[nH]2)ccc1C(=O)O. The molecular weight excluding hydrogens is 224 g/mol. The van der Waals surface area contributed by atoms with E-state index in [2.05, 4.69) is 9.97 Å². The summed E-state index contributed by atoms with van der Waals surface area (Å²) in [4.78, 5) is 18.9. The van der Waals surface area contributed by atoms with Crippen LogP contribution in [0.1, 0.15) is 15.9 Å². The molecule has 1 heterocycles. The first-order chi connectivity index (χ1) is 7.66. The predicted molar refractivity (Wildman–Crippen MR) is 60.8 cm³/mol. The van der Waals surface area contributed by atoms with Crippen molar-refractivity contribution in [3.63, 3.8) is 0 Å². The number of aromatic nitrogens is 2. The summed E-state index contributed by atoms with van der Waals surface area (Å²) < 4.78 is 0. The molecular formula is C11H10N2O2S. The second-order valence-corrected chi connectivity index (χ2v) is 4.34. The van der Waals surface area contributed by atoms with Gasteiger partial charge in [0.25, 0.3) is 0 Å². The van der Waals surface area contributed by atoms with Crippen LogP contribution in [0, 0.1) is 6.92 Å². The molecule has 82 valence electrons. The first-order valence-electron chi connectivity index (χ1n) is 4.68. The highest BCUT2D eigenvalue weighted by molar-refractivity contribution is 7.99. The highest BCUT2D eigenvalue weighted by atomic mass is 32.2. The quantitative estimate of drug-likeness (QED) is 0.856. The Balaban J connectivity index is 2.24. The zero-order chi connectivity index (χ0) is 11.5. The number of hydrogen-bond acceptors (Lipinski definition) is 3. The Morgan fingerprint density at radius 1 is 1.50 bits per heavy atom. The normalized spacial score (nSPS) is 10.3. The molecule has 0 atom stereocenters. The van der Waals surface area contributed by atoms with Crippen molar-refractivity contribution in [1.82, 2.24) is 9.97 Å². The molecule has 0 bridgehead atoms. The van der Waals surface area contributed by atoms with Crippen molar-refractivity contribution in [1.29, 1.82) is 0 Å². The van der Waals surface area contributed by atoms with Gasteiger partial charge in [0, 0.05) is 17.3 Å². The molecule has 0 aliphatic heterocycles. The van der Waals surface area contributed by atoms with Crippen LogP contribution >= 0.6 is 11.8 Å². The number of rotatable bonds is 3. The number of carboxylic acid groups (broad SMARTS) is 1. The second-order valence-electron chi connectivity index (χ2n) is 3.28. The van der Waals surface area contributed by atoms with Crippen molar-refractivity contribution in [2.45, 2.75) is 17.0 Å². The van der Waals surface area contributed by atoms with Crippen LogP contribution in [0.3, 0.4) is 0 Å². The Labute approximate surface area is 96.7 Å². The van der Waals surface area contributed by atoms with Gasteiger partial charge in [-0.3, -0.25) is 0 Å². The summed E-state index contributed by atoms with van der Waals surface area (Å²) in [6, 6.07) is 5.24. The van der Waals surface area contributed by atoms with Crippen LogP contribution in [-0.2, 0) is 0 Å². The van der Waals surface area contributed by atoms with Gasteiger partial charge in [0.15, 0.2) is 5.16 Å². The number of imidazole rings is 1. The molecule has 1 aromatic carbocycles. The highest BCUT2D eigenvalue weighted by Crippen LogP contribution is 2.26. The Bertz CT molecular complexity index is 509. The number of nitrogens with zero attached hydrogens (tertiary/aromatic N) is 1. The van der Waals surface area contributed by atoms with Crippen LogP contribution in [0.5, 0.6) is 0 Å². The Hall–Kier alpha value is -1.75. The molecule has 0 aliphatic carbocycles. The van der Waals surface area contributed by atoms with Gasteiger partial charge in [-0.2, -0.15) is 0 Å². The summed E-state index contributed by atoms with van der Waals surface area (Å²) >= 11 is 1.47. The molecule has 2 aromatic rings. The van der Waals surface area contributed by atoms with E-state index in [9.17, 15) is 4.79 Å². The number of aryl methyl sites for hydroxylation is 1. The maximum absolute atomic E-state index is 10.8. The van der Waals surface area contributed by atoms with Gasteiger partial charge in [-0.15, -0.1) is 0 Å². The van der Waals surface area contributed by atoms with Crippen LogP contribution in [-0.4, -0.2) is 21.0 Å². The summed E-state index contributed by atoms with van der Waals surface area (Å²) in [6.07, 6.45) is 3.43. The molecule has 0 unspecified atom stereocenters. The summed E-state index contributed by atoms with van der Waals surface area (Å²) in [5.74, 6) is -0.896. The summed E-state index contributed by atoms with van der Waals surface area (Å²) in [7, 11) is 0. The lowest BCUT2D eigenvalue weighted by Gasteiger charge is -2.03. The van der Waals surface area contributed by atoms with Crippen LogP contribution in [0.15, 0.2) is 40.6 Å². The van der Waals surface area contributed by atoms with Crippen LogP contribution in [0.25, 0.3) is 0 Å². The van der Waals surface area contributed by atoms with Gasteiger partial charge in [0.05, 0.1) is 5.56 Å². The number of aromatic carboxylic acids is 1. The van der Waals surface area contributed by atoms with E-state index in [1.165, 1.54) is 11.8 Å². The summed E-state index contributed by atoms with van der Waals surface area (Å²) in [6.45, 7) is 1.79. The first-order valence-corrected chi connectivity index (χ1v) is 5.49. The van der Waals surface area contributed by atoms with Crippen molar-refractivity contribution in [3.8, 4) is 0 Å². The smallest absolute Gasteiger partial charge is 0.335 e. The molecule has 0 spiro atoms. The third kappa shape index (κ3) is 2.25. The molecule has 4 nitrogen and oxygen atoms in total. The Kier molecular flexibility index (Phi) is 2.96. The zero-order valence-electron chi connectivity index (χ0n) is 8.60. The maximum atomic E-state index is 10.8. The average Bonchev–Trinajstić information content (AvgIpc) is 2.70. The van der Waals surface area contributed by atoms with E-state index < -0.39 is 5.97 Å². The largest absolute Gasteiger partial charge is 0.478 e. The number of nitrogens with one attached hydrogen (secondary N) is 1. The van der Waals surface area contributed by atoms with Gasteiger partial charge in [-0.05, 0) is 30.7 Å². The second kappa shape index (κ2) is 4.40. The van der Waals surface area contributed by atoms with E-state index in [0.29, 0.717) is 5.56 Å². The van der Waals surface area contributed by atoms with E-state index in [-0.39, 0.29) is 0 Å².